The van der Waals surface area contributed by atoms with E-state index in [0.29, 0.717) is 5.02 Å². The second-order valence-electron chi connectivity index (χ2n) is 3.20. The molecule has 0 spiro atoms. The van der Waals surface area contributed by atoms with E-state index < -0.39 is 0 Å². The molecule has 0 saturated carbocycles. The molecule has 1 N–H and O–H groups in total. The van der Waals surface area contributed by atoms with Crippen molar-refractivity contribution in [1.29, 1.82) is 0 Å². The number of anilines is 1. The number of nitrogens with one attached hydrogen (secondary N) is 1. The molecule has 1 aromatic heterocycles. The summed E-state index contributed by atoms with van der Waals surface area (Å²) in [5, 5.41) is 4.27. The van der Waals surface area contributed by atoms with Crippen LogP contribution < -0.4 is 5.32 Å². The van der Waals surface area contributed by atoms with Gasteiger partial charge >= 0.3 is 0 Å². The van der Waals surface area contributed by atoms with Gasteiger partial charge in [0.2, 0.25) is 5.91 Å². The van der Waals surface area contributed by atoms with Gasteiger partial charge in [-0.15, -0.1) is 0 Å². The summed E-state index contributed by atoms with van der Waals surface area (Å²) >= 11 is 5.85. The van der Waals surface area contributed by atoms with Gasteiger partial charge in [-0.05, 0) is 24.3 Å². The highest BCUT2D eigenvalue weighted by Crippen LogP contribution is 2.24. The number of hydrogen-bond acceptors (Lipinski definition) is 2. The minimum absolute atomic E-state index is 0.0996. The van der Waals surface area contributed by atoms with Crippen molar-refractivity contribution in [2.75, 3.05) is 5.32 Å². The Hall–Kier alpha value is -1.61. The highest BCUT2D eigenvalue weighted by Gasteiger charge is 2.03. The summed E-state index contributed by atoms with van der Waals surface area (Å²) in [6.07, 6.45) is 1.64. The lowest BCUT2D eigenvalue weighted by atomic mass is 10.2. The van der Waals surface area contributed by atoms with E-state index in [-0.39, 0.29) is 5.91 Å². The topological polar surface area (TPSA) is 42.0 Å². The van der Waals surface area contributed by atoms with Crippen LogP contribution in [0.2, 0.25) is 5.02 Å². The molecule has 0 radical (unpaired) electrons. The molecule has 0 fully saturated rings. The summed E-state index contributed by atoms with van der Waals surface area (Å²) in [7, 11) is 0. The van der Waals surface area contributed by atoms with Gasteiger partial charge in [0.05, 0.1) is 11.2 Å². The fourth-order valence-corrected chi connectivity index (χ4v) is 1.59. The zero-order valence-electron chi connectivity index (χ0n) is 8.12. The van der Waals surface area contributed by atoms with E-state index in [0.717, 1.165) is 16.6 Å². The molecule has 1 aromatic carbocycles. The second kappa shape index (κ2) is 3.87. The van der Waals surface area contributed by atoms with E-state index in [1.54, 1.807) is 24.4 Å². The number of fused-ring (bicyclic) bond motifs is 1. The van der Waals surface area contributed by atoms with E-state index in [1.807, 2.05) is 6.07 Å². The molecular formula is C11H9ClN2O. The van der Waals surface area contributed by atoms with E-state index in [4.69, 9.17) is 11.6 Å². The number of carbonyl (C=O) groups excluding carboxylic acids is 1. The van der Waals surface area contributed by atoms with Crippen molar-refractivity contribution in [2.24, 2.45) is 0 Å². The summed E-state index contributed by atoms with van der Waals surface area (Å²) in [5.74, 6) is -0.0996. The van der Waals surface area contributed by atoms with Gasteiger partial charge in [0.25, 0.3) is 0 Å². The Bertz CT molecular complexity index is 525. The highest BCUT2D eigenvalue weighted by molar-refractivity contribution is 6.31. The average Bonchev–Trinajstić information content (AvgIpc) is 2.16. The number of amides is 1. The maximum atomic E-state index is 11.0. The first-order chi connectivity index (χ1) is 7.16. The minimum atomic E-state index is -0.0996. The number of aromatic nitrogens is 1. The first-order valence-electron chi connectivity index (χ1n) is 4.48. The Labute approximate surface area is 92.1 Å². The van der Waals surface area contributed by atoms with Gasteiger partial charge in [-0.2, -0.15) is 0 Å². The Balaban J connectivity index is 2.60. The number of pyridine rings is 1. The molecule has 2 aromatic rings. The third-order valence-corrected chi connectivity index (χ3v) is 2.25. The quantitative estimate of drug-likeness (QED) is 0.803. The van der Waals surface area contributed by atoms with Crippen LogP contribution in [0.25, 0.3) is 10.9 Å². The van der Waals surface area contributed by atoms with Crippen LogP contribution in [0.5, 0.6) is 0 Å². The Morgan fingerprint density at radius 3 is 2.93 bits per heavy atom. The van der Waals surface area contributed by atoms with Gasteiger partial charge in [0.1, 0.15) is 0 Å². The summed E-state index contributed by atoms with van der Waals surface area (Å²) in [6, 6.07) is 7.15. The number of halogens is 1. The monoisotopic (exact) mass is 220 g/mol. The second-order valence-corrected chi connectivity index (χ2v) is 3.64. The molecule has 4 heteroatoms. The van der Waals surface area contributed by atoms with Crippen molar-refractivity contribution >= 4 is 34.1 Å². The number of hydrogen-bond donors (Lipinski definition) is 1. The maximum absolute atomic E-state index is 11.0. The zero-order chi connectivity index (χ0) is 10.8. The molecule has 0 unspecified atom stereocenters. The third-order valence-electron chi connectivity index (χ3n) is 2.02. The molecule has 15 heavy (non-hydrogen) atoms. The van der Waals surface area contributed by atoms with Crippen LogP contribution in [0.1, 0.15) is 6.92 Å². The van der Waals surface area contributed by atoms with Crippen molar-refractivity contribution < 1.29 is 4.79 Å². The van der Waals surface area contributed by atoms with Crippen LogP contribution in [0, 0.1) is 0 Å². The van der Waals surface area contributed by atoms with E-state index in [1.165, 1.54) is 6.92 Å². The van der Waals surface area contributed by atoms with Crippen LogP contribution >= 0.6 is 11.6 Å². The summed E-state index contributed by atoms with van der Waals surface area (Å²) < 4.78 is 0. The third kappa shape index (κ3) is 2.07. The fourth-order valence-electron chi connectivity index (χ4n) is 1.42. The van der Waals surface area contributed by atoms with E-state index >= 15 is 0 Å². The van der Waals surface area contributed by atoms with Gasteiger partial charge < -0.3 is 5.32 Å². The number of carbonyl (C=O) groups is 1. The molecular weight excluding hydrogens is 212 g/mol. The zero-order valence-corrected chi connectivity index (χ0v) is 8.88. The Kier molecular flexibility index (Phi) is 2.56. The lowest BCUT2D eigenvalue weighted by molar-refractivity contribution is -0.114. The minimum Gasteiger partial charge on any atom is -0.326 e. The number of benzene rings is 1. The summed E-state index contributed by atoms with van der Waals surface area (Å²) in [5.41, 5.74) is 1.53. The molecule has 0 bridgehead atoms. The van der Waals surface area contributed by atoms with Gasteiger partial charge in [-0.3, -0.25) is 9.78 Å². The lowest BCUT2D eigenvalue weighted by Crippen LogP contribution is -2.06. The SMILES string of the molecule is CC(=O)Nc1ccnc2cc(Cl)ccc12. The average molecular weight is 221 g/mol. The fraction of sp³-hybridized carbons (Fsp3) is 0.0909. The van der Waals surface area contributed by atoms with Gasteiger partial charge in [0, 0.05) is 23.5 Å². The normalized spacial score (nSPS) is 10.3. The first-order valence-corrected chi connectivity index (χ1v) is 4.86. The van der Waals surface area contributed by atoms with E-state index in [2.05, 4.69) is 10.3 Å². The van der Waals surface area contributed by atoms with Crippen LogP contribution in [0.15, 0.2) is 30.5 Å². The molecule has 1 amide bonds. The van der Waals surface area contributed by atoms with Gasteiger partial charge in [-0.1, -0.05) is 11.6 Å². The van der Waals surface area contributed by atoms with E-state index in [9.17, 15) is 4.79 Å². The molecule has 76 valence electrons. The smallest absolute Gasteiger partial charge is 0.221 e. The van der Waals surface area contributed by atoms with Crippen LogP contribution in [-0.2, 0) is 4.79 Å². The summed E-state index contributed by atoms with van der Waals surface area (Å²) in [4.78, 5) is 15.1. The highest BCUT2D eigenvalue weighted by atomic mass is 35.5. The lowest BCUT2D eigenvalue weighted by Gasteiger charge is -2.05. The molecule has 2 rings (SSSR count). The maximum Gasteiger partial charge on any atom is 0.221 e. The molecule has 3 nitrogen and oxygen atoms in total. The molecule has 0 saturated heterocycles. The molecule has 1 heterocycles. The van der Waals surface area contributed by atoms with Crippen molar-refractivity contribution in [1.82, 2.24) is 4.98 Å². The number of nitrogens with zero attached hydrogens (tertiary/aromatic N) is 1. The molecule has 0 aliphatic heterocycles. The molecule has 0 aliphatic rings. The van der Waals surface area contributed by atoms with Crippen LogP contribution in [0.4, 0.5) is 5.69 Å². The first kappa shape index (κ1) is 9.93. The van der Waals surface area contributed by atoms with Crippen molar-refractivity contribution in [3.05, 3.63) is 35.5 Å². The van der Waals surface area contributed by atoms with Crippen molar-refractivity contribution in [3.8, 4) is 0 Å². The van der Waals surface area contributed by atoms with Crippen molar-refractivity contribution in [2.45, 2.75) is 6.92 Å². The molecule has 0 aliphatic carbocycles. The predicted molar refractivity (Wildman–Crippen MR) is 61.1 cm³/mol. The van der Waals surface area contributed by atoms with Gasteiger partial charge in [-0.25, -0.2) is 0 Å². The summed E-state index contributed by atoms with van der Waals surface area (Å²) in [6.45, 7) is 1.47. The van der Waals surface area contributed by atoms with Crippen molar-refractivity contribution in [3.63, 3.8) is 0 Å². The van der Waals surface area contributed by atoms with Gasteiger partial charge in [0.15, 0.2) is 0 Å². The largest absolute Gasteiger partial charge is 0.326 e. The molecule has 0 atom stereocenters. The number of rotatable bonds is 1. The standard InChI is InChI=1S/C11H9ClN2O/c1-7(15)14-10-4-5-13-11-6-8(12)2-3-9(10)11/h2-6H,1H3,(H,13,14,15). The Morgan fingerprint density at radius 2 is 2.20 bits per heavy atom. The van der Waals surface area contributed by atoms with Crippen LogP contribution in [0.3, 0.4) is 0 Å². The Morgan fingerprint density at radius 1 is 1.40 bits per heavy atom. The predicted octanol–water partition coefficient (Wildman–Crippen LogP) is 2.85. The van der Waals surface area contributed by atoms with Crippen LogP contribution in [-0.4, -0.2) is 10.9 Å².